The van der Waals surface area contributed by atoms with Crippen LogP contribution in [0, 0.1) is 11.3 Å². The highest BCUT2D eigenvalue weighted by molar-refractivity contribution is 5.57. The van der Waals surface area contributed by atoms with Gasteiger partial charge < -0.3 is 10.5 Å². The molecular formula is C14H13N3O2. The smallest absolute Gasteiger partial charge is 0.252 e. The van der Waals surface area contributed by atoms with E-state index in [9.17, 15) is 4.79 Å². The number of rotatable bonds is 4. The van der Waals surface area contributed by atoms with Gasteiger partial charge in [-0.2, -0.15) is 5.26 Å². The van der Waals surface area contributed by atoms with Crippen molar-refractivity contribution in [1.82, 2.24) is 4.98 Å². The number of pyridine rings is 1. The van der Waals surface area contributed by atoms with E-state index in [1.54, 1.807) is 0 Å². The molecule has 3 N–H and O–H groups in total. The predicted octanol–water partition coefficient (Wildman–Crippen LogP) is 1.45. The molecule has 0 fully saturated rings. The van der Waals surface area contributed by atoms with E-state index in [0.29, 0.717) is 13.0 Å². The third kappa shape index (κ3) is 3.13. The molecule has 0 aliphatic carbocycles. The number of hydrogen-bond donors (Lipinski definition) is 2. The molecule has 0 amide bonds. The quantitative estimate of drug-likeness (QED) is 0.864. The summed E-state index contributed by atoms with van der Waals surface area (Å²) in [6, 6.07) is 12.9. The van der Waals surface area contributed by atoms with Gasteiger partial charge in [-0.3, -0.25) is 9.78 Å². The van der Waals surface area contributed by atoms with Gasteiger partial charge in [0.25, 0.3) is 5.56 Å². The maximum atomic E-state index is 11.3. The number of anilines is 1. The summed E-state index contributed by atoms with van der Waals surface area (Å²) in [5, 5.41) is 8.97. The zero-order chi connectivity index (χ0) is 13.7. The fourth-order valence-corrected chi connectivity index (χ4v) is 1.69. The molecule has 0 aliphatic rings. The Morgan fingerprint density at radius 1 is 1.32 bits per heavy atom. The Morgan fingerprint density at radius 3 is 2.74 bits per heavy atom. The van der Waals surface area contributed by atoms with Crippen molar-refractivity contribution in [3.8, 4) is 11.9 Å². The lowest BCUT2D eigenvalue weighted by atomic mass is 10.2. The Bertz CT molecular complexity index is 657. The molecule has 2 rings (SSSR count). The van der Waals surface area contributed by atoms with Crippen LogP contribution in [0.2, 0.25) is 0 Å². The second-order valence-electron chi connectivity index (χ2n) is 3.99. The monoisotopic (exact) mass is 255 g/mol. The van der Waals surface area contributed by atoms with Crippen molar-refractivity contribution >= 4 is 5.69 Å². The number of nitrogen functional groups attached to an aromatic ring is 1. The maximum Gasteiger partial charge on any atom is 0.252 e. The van der Waals surface area contributed by atoms with Crippen LogP contribution in [-0.4, -0.2) is 11.6 Å². The normalized spacial score (nSPS) is 9.84. The summed E-state index contributed by atoms with van der Waals surface area (Å²) in [6.07, 6.45) is 0.683. The standard InChI is InChI=1S/C14H13N3O2/c15-9-11-12(16)8-13(18)17-14(11)19-7-6-10-4-2-1-3-5-10/h1-5,8H,6-7H2,(H3,16,17,18). The molecule has 0 bridgehead atoms. The number of aromatic amines is 1. The van der Waals surface area contributed by atoms with Crippen molar-refractivity contribution in [2.45, 2.75) is 6.42 Å². The van der Waals surface area contributed by atoms with E-state index in [2.05, 4.69) is 4.98 Å². The van der Waals surface area contributed by atoms with Gasteiger partial charge in [-0.15, -0.1) is 0 Å². The first kappa shape index (κ1) is 12.7. The van der Waals surface area contributed by atoms with Crippen LogP contribution in [0.25, 0.3) is 0 Å². The van der Waals surface area contributed by atoms with Gasteiger partial charge in [-0.05, 0) is 5.56 Å². The summed E-state index contributed by atoms with van der Waals surface area (Å²) in [6.45, 7) is 0.359. The van der Waals surface area contributed by atoms with Crippen LogP contribution < -0.4 is 16.0 Å². The molecule has 19 heavy (non-hydrogen) atoms. The molecule has 0 unspecified atom stereocenters. The second kappa shape index (κ2) is 5.74. The first-order valence-corrected chi connectivity index (χ1v) is 5.80. The minimum atomic E-state index is -0.383. The Kier molecular flexibility index (Phi) is 3.84. The van der Waals surface area contributed by atoms with Crippen molar-refractivity contribution in [3.05, 3.63) is 57.9 Å². The summed E-state index contributed by atoms with van der Waals surface area (Å²) >= 11 is 0. The van der Waals surface area contributed by atoms with Gasteiger partial charge >= 0.3 is 0 Å². The third-order valence-electron chi connectivity index (χ3n) is 2.63. The van der Waals surface area contributed by atoms with Gasteiger partial charge in [0.05, 0.1) is 12.3 Å². The Morgan fingerprint density at radius 2 is 2.05 bits per heavy atom. The molecule has 1 aromatic heterocycles. The SMILES string of the molecule is N#Cc1c(N)cc(=O)[nH]c1OCCc1ccccc1. The minimum absolute atomic E-state index is 0.126. The van der Waals surface area contributed by atoms with Gasteiger partial charge in [-0.1, -0.05) is 30.3 Å². The summed E-state index contributed by atoms with van der Waals surface area (Å²) in [5.41, 5.74) is 6.61. The van der Waals surface area contributed by atoms with E-state index in [0.717, 1.165) is 5.56 Å². The van der Waals surface area contributed by atoms with Gasteiger partial charge in [-0.25, -0.2) is 0 Å². The van der Waals surface area contributed by atoms with E-state index >= 15 is 0 Å². The number of H-pyrrole nitrogens is 1. The summed E-state index contributed by atoms with van der Waals surface area (Å²) in [4.78, 5) is 13.8. The predicted molar refractivity (Wildman–Crippen MR) is 71.8 cm³/mol. The van der Waals surface area contributed by atoms with E-state index in [1.165, 1.54) is 6.07 Å². The number of aromatic nitrogens is 1. The fourth-order valence-electron chi connectivity index (χ4n) is 1.69. The summed E-state index contributed by atoms with van der Waals surface area (Å²) < 4.78 is 5.44. The van der Waals surface area contributed by atoms with Crippen molar-refractivity contribution < 1.29 is 4.74 Å². The average Bonchev–Trinajstić information content (AvgIpc) is 2.39. The van der Waals surface area contributed by atoms with Gasteiger partial charge in [0, 0.05) is 12.5 Å². The van der Waals surface area contributed by atoms with E-state index < -0.39 is 0 Å². The molecule has 0 aliphatic heterocycles. The molecule has 5 nitrogen and oxygen atoms in total. The number of nitrogens with one attached hydrogen (secondary N) is 1. The molecule has 96 valence electrons. The fraction of sp³-hybridized carbons (Fsp3) is 0.143. The molecule has 0 radical (unpaired) electrons. The lowest BCUT2D eigenvalue weighted by molar-refractivity contribution is 0.308. The molecule has 0 spiro atoms. The van der Waals surface area contributed by atoms with Crippen molar-refractivity contribution in [3.63, 3.8) is 0 Å². The first-order chi connectivity index (χ1) is 9.20. The zero-order valence-electron chi connectivity index (χ0n) is 10.2. The van der Waals surface area contributed by atoms with Crippen molar-refractivity contribution in [2.75, 3.05) is 12.3 Å². The number of hydrogen-bond acceptors (Lipinski definition) is 4. The largest absolute Gasteiger partial charge is 0.478 e. The first-order valence-electron chi connectivity index (χ1n) is 5.80. The van der Waals surface area contributed by atoms with Crippen LogP contribution in [0.15, 0.2) is 41.2 Å². The highest BCUT2D eigenvalue weighted by atomic mass is 16.5. The zero-order valence-corrected chi connectivity index (χ0v) is 10.2. The van der Waals surface area contributed by atoms with Crippen LogP contribution in [0.1, 0.15) is 11.1 Å². The van der Waals surface area contributed by atoms with Crippen LogP contribution in [0.5, 0.6) is 5.88 Å². The number of ether oxygens (including phenoxy) is 1. The van der Waals surface area contributed by atoms with Gasteiger partial charge in [0.15, 0.2) is 0 Å². The van der Waals surface area contributed by atoms with E-state index in [1.807, 2.05) is 36.4 Å². The lowest BCUT2D eigenvalue weighted by Crippen LogP contribution is -2.13. The molecule has 1 heterocycles. The van der Waals surface area contributed by atoms with E-state index in [-0.39, 0.29) is 22.7 Å². The van der Waals surface area contributed by atoms with Crippen LogP contribution in [0.4, 0.5) is 5.69 Å². The maximum absolute atomic E-state index is 11.3. The highest BCUT2D eigenvalue weighted by Crippen LogP contribution is 2.18. The number of nitriles is 1. The summed E-state index contributed by atoms with van der Waals surface area (Å²) in [5.74, 6) is 0.128. The second-order valence-corrected chi connectivity index (χ2v) is 3.99. The minimum Gasteiger partial charge on any atom is -0.478 e. The summed E-state index contributed by atoms with van der Waals surface area (Å²) in [7, 11) is 0. The molecule has 0 saturated carbocycles. The van der Waals surface area contributed by atoms with Crippen molar-refractivity contribution in [1.29, 1.82) is 5.26 Å². The van der Waals surface area contributed by atoms with Crippen molar-refractivity contribution in [2.24, 2.45) is 0 Å². The molecule has 2 aromatic rings. The van der Waals surface area contributed by atoms with E-state index in [4.69, 9.17) is 15.7 Å². The Balaban J connectivity index is 2.08. The average molecular weight is 255 g/mol. The van der Waals surface area contributed by atoms with Crippen LogP contribution in [0.3, 0.4) is 0 Å². The molecule has 5 heteroatoms. The lowest BCUT2D eigenvalue weighted by Gasteiger charge is -2.08. The Hall–Kier alpha value is -2.74. The van der Waals surface area contributed by atoms with Crippen LogP contribution >= 0.6 is 0 Å². The molecule has 0 atom stereocenters. The number of nitrogens with two attached hydrogens (primary N) is 1. The Labute approximate surface area is 110 Å². The topological polar surface area (TPSA) is 91.9 Å². The highest BCUT2D eigenvalue weighted by Gasteiger charge is 2.09. The third-order valence-corrected chi connectivity index (χ3v) is 2.63. The van der Waals surface area contributed by atoms with Crippen LogP contribution in [-0.2, 0) is 6.42 Å². The number of benzene rings is 1. The van der Waals surface area contributed by atoms with Gasteiger partial charge in [0.1, 0.15) is 11.6 Å². The number of nitrogens with zero attached hydrogens (tertiary/aromatic N) is 1. The molecular weight excluding hydrogens is 242 g/mol. The van der Waals surface area contributed by atoms with Gasteiger partial charge in [0.2, 0.25) is 5.88 Å². The molecule has 1 aromatic carbocycles. The molecule has 0 saturated heterocycles.